The monoisotopic (exact) mass is 468 g/mol. The van der Waals surface area contributed by atoms with E-state index >= 15 is 0 Å². The first-order valence-corrected chi connectivity index (χ1v) is 9.37. The Morgan fingerprint density at radius 3 is 1.59 bits per heavy atom. The summed E-state index contributed by atoms with van der Waals surface area (Å²) in [5.41, 5.74) is -5.54. The molecule has 0 fully saturated rings. The standard InChI is InChI=1S/C25H20N2O7/c1-13(28)18-11-19(21(25(33)34)12-20(18)24(31)32)23(30)27-17-9-5-15(6-10-17)22(29)14-3-7-16(26-2)8-4-14/h3-12,26H,1-2H3,(H,27,30)(H,31,32)(H,33,34)/i3D,4D,5D,6D,7D,8D,9D,10D. The molecule has 0 aliphatic rings. The van der Waals surface area contributed by atoms with Crippen LogP contribution in [0, 0.1) is 0 Å². The van der Waals surface area contributed by atoms with Gasteiger partial charge in [-0.2, -0.15) is 0 Å². The number of ketones is 2. The molecule has 3 aromatic carbocycles. The first-order valence-electron chi connectivity index (χ1n) is 13.4. The summed E-state index contributed by atoms with van der Waals surface area (Å²) in [7, 11) is 1.34. The van der Waals surface area contributed by atoms with Crippen molar-refractivity contribution in [1.29, 1.82) is 0 Å². The van der Waals surface area contributed by atoms with E-state index in [2.05, 4.69) is 5.32 Å². The minimum atomic E-state index is -1.75. The average Bonchev–Trinajstić information content (AvgIpc) is 2.92. The van der Waals surface area contributed by atoms with Crippen LogP contribution in [0.2, 0.25) is 0 Å². The van der Waals surface area contributed by atoms with E-state index in [1.807, 2.05) is 5.32 Å². The van der Waals surface area contributed by atoms with Crippen molar-refractivity contribution < 1.29 is 45.2 Å². The number of carboxylic acids is 2. The van der Waals surface area contributed by atoms with Crippen LogP contribution in [0.5, 0.6) is 0 Å². The molecule has 3 rings (SSSR count). The Balaban J connectivity index is 2.20. The predicted molar refractivity (Wildman–Crippen MR) is 124 cm³/mol. The van der Waals surface area contributed by atoms with Crippen LogP contribution in [0.1, 0.15) is 75.2 Å². The van der Waals surface area contributed by atoms with Crippen LogP contribution in [-0.4, -0.2) is 46.7 Å². The number of benzene rings is 3. The van der Waals surface area contributed by atoms with E-state index < -0.39 is 117 Å². The zero-order chi connectivity index (χ0) is 32.0. The summed E-state index contributed by atoms with van der Waals surface area (Å²) in [5, 5.41) is 23.4. The van der Waals surface area contributed by atoms with Gasteiger partial charge in [-0.05, 0) is 67.4 Å². The van der Waals surface area contributed by atoms with Crippen molar-refractivity contribution in [3.63, 3.8) is 0 Å². The molecule has 0 heterocycles. The van der Waals surface area contributed by atoms with Gasteiger partial charge in [-0.1, -0.05) is 0 Å². The number of carboxylic acid groups (broad SMARTS) is 2. The van der Waals surface area contributed by atoms with Crippen molar-refractivity contribution in [2.75, 3.05) is 17.7 Å². The highest BCUT2D eigenvalue weighted by Gasteiger charge is 2.24. The number of anilines is 2. The molecule has 0 aliphatic carbocycles. The third-order valence-corrected chi connectivity index (χ3v) is 4.44. The van der Waals surface area contributed by atoms with Gasteiger partial charge in [-0.3, -0.25) is 14.4 Å². The molecule has 0 saturated heterocycles. The molecule has 0 saturated carbocycles. The molecule has 1 amide bonds. The van der Waals surface area contributed by atoms with E-state index in [0.29, 0.717) is 12.1 Å². The predicted octanol–water partition coefficient (Wildman–Crippen LogP) is 3.81. The van der Waals surface area contributed by atoms with Crippen molar-refractivity contribution in [2.45, 2.75) is 6.92 Å². The van der Waals surface area contributed by atoms with E-state index in [9.17, 15) is 34.2 Å². The lowest BCUT2D eigenvalue weighted by Crippen LogP contribution is -2.19. The van der Waals surface area contributed by atoms with Crippen LogP contribution in [0.15, 0.2) is 60.5 Å². The van der Waals surface area contributed by atoms with Crippen LogP contribution < -0.4 is 10.6 Å². The zero-order valence-electron chi connectivity index (χ0n) is 25.6. The lowest BCUT2D eigenvalue weighted by atomic mass is 9.95. The molecule has 0 aromatic heterocycles. The third kappa shape index (κ3) is 4.99. The van der Waals surface area contributed by atoms with Crippen molar-refractivity contribution in [1.82, 2.24) is 0 Å². The zero-order valence-corrected chi connectivity index (χ0v) is 17.6. The summed E-state index contributed by atoms with van der Waals surface area (Å²) in [6, 6.07) is -5.55. The third-order valence-electron chi connectivity index (χ3n) is 4.44. The lowest BCUT2D eigenvalue weighted by molar-refractivity contribution is 0.0689. The van der Waals surface area contributed by atoms with Gasteiger partial charge in [-0.15, -0.1) is 0 Å². The number of amides is 1. The minimum absolute atomic E-state index is 0.218. The van der Waals surface area contributed by atoms with Gasteiger partial charge in [0.15, 0.2) is 11.6 Å². The van der Waals surface area contributed by atoms with Crippen molar-refractivity contribution >= 4 is 40.8 Å². The molecule has 9 heteroatoms. The normalized spacial score (nSPS) is 13.6. The Labute approximate surface area is 205 Å². The molecule has 0 radical (unpaired) electrons. The van der Waals surface area contributed by atoms with E-state index in [1.54, 1.807) is 0 Å². The van der Waals surface area contributed by atoms with Crippen molar-refractivity contribution in [2.24, 2.45) is 0 Å². The number of nitrogens with one attached hydrogen (secondary N) is 2. The number of aromatic carboxylic acids is 2. The highest BCUT2D eigenvalue weighted by Crippen LogP contribution is 2.21. The van der Waals surface area contributed by atoms with Gasteiger partial charge in [0, 0.05) is 35.1 Å². The molecule has 34 heavy (non-hydrogen) atoms. The molecule has 0 atom stereocenters. The molecular weight excluding hydrogens is 440 g/mol. The van der Waals surface area contributed by atoms with Gasteiger partial charge in [0.25, 0.3) is 5.91 Å². The van der Waals surface area contributed by atoms with Crippen molar-refractivity contribution in [3.05, 3.63) is 93.9 Å². The maximum Gasteiger partial charge on any atom is 0.336 e. The molecule has 9 nitrogen and oxygen atoms in total. The summed E-state index contributed by atoms with van der Waals surface area (Å²) in [4.78, 5) is 61.7. The highest BCUT2D eigenvalue weighted by atomic mass is 16.4. The quantitative estimate of drug-likeness (QED) is 0.365. The van der Waals surface area contributed by atoms with Gasteiger partial charge in [0.05, 0.1) is 27.7 Å². The van der Waals surface area contributed by atoms with Crippen LogP contribution in [0.25, 0.3) is 0 Å². The maximum absolute atomic E-state index is 13.3. The number of carbonyl (C=O) groups is 5. The summed E-state index contributed by atoms with van der Waals surface area (Å²) >= 11 is 0. The topological polar surface area (TPSA) is 150 Å². The molecule has 0 bridgehead atoms. The highest BCUT2D eigenvalue weighted by molar-refractivity contribution is 6.15. The van der Waals surface area contributed by atoms with Gasteiger partial charge in [0.2, 0.25) is 0 Å². The molecule has 3 aromatic rings. The minimum Gasteiger partial charge on any atom is -0.478 e. The average molecular weight is 468 g/mol. The smallest absolute Gasteiger partial charge is 0.336 e. The van der Waals surface area contributed by atoms with E-state index in [1.165, 1.54) is 7.05 Å². The molecular formula is C25H20N2O7. The van der Waals surface area contributed by atoms with Gasteiger partial charge in [0.1, 0.15) is 0 Å². The molecule has 0 spiro atoms. The van der Waals surface area contributed by atoms with E-state index in [-0.39, 0.29) is 5.69 Å². The fraction of sp³-hybridized carbons (Fsp3) is 0.0800. The molecule has 0 aliphatic heterocycles. The Kier molecular flexibility index (Phi) is 4.35. The van der Waals surface area contributed by atoms with Crippen LogP contribution >= 0.6 is 0 Å². The molecule has 0 unspecified atom stereocenters. The summed E-state index contributed by atoms with van der Waals surface area (Å²) in [5.74, 6) is -6.90. The van der Waals surface area contributed by atoms with Crippen LogP contribution in [0.4, 0.5) is 11.4 Å². The molecule has 4 N–H and O–H groups in total. The van der Waals surface area contributed by atoms with Crippen LogP contribution in [-0.2, 0) is 0 Å². The SMILES string of the molecule is [2H]c1c([2H])c(C(=O)c2c([2H])c([2H])c(NC(=O)c3cc(C(C)=O)c(C(=O)O)cc3C(=O)O)c([2H])c2[2H])c([2H])c([2H])c1NC. The van der Waals surface area contributed by atoms with Crippen LogP contribution in [0.3, 0.4) is 0 Å². The van der Waals surface area contributed by atoms with Gasteiger partial charge in [-0.25, -0.2) is 9.59 Å². The molecule has 172 valence electrons. The lowest BCUT2D eigenvalue weighted by Gasteiger charge is -2.12. The number of Topliss-reactive ketones (excluding diaryl/α,β-unsaturated/α-hetero) is 1. The Bertz CT molecular complexity index is 1700. The fourth-order valence-electron chi connectivity index (χ4n) is 2.78. The number of hydrogen-bond acceptors (Lipinski definition) is 6. The number of rotatable bonds is 8. The fourth-order valence-corrected chi connectivity index (χ4v) is 2.78. The summed E-state index contributed by atoms with van der Waals surface area (Å²) < 4.78 is 65.5. The Morgan fingerprint density at radius 2 is 1.15 bits per heavy atom. The summed E-state index contributed by atoms with van der Waals surface area (Å²) in [6.45, 7) is 0.979. The Hall–Kier alpha value is -4.79. The second-order valence-corrected chi connectivity index (χ2v) is 6.64. The first-order chi connectivity index (χ1) is 19.5. The van der Waals surface area contributed by atoms with Gasteiger partial charge < -0.3 is 20.8 Å². The van der Waals surface area contributed by atoms with E-state index in [4.69, 9.17) is 11.0 Å². The first kappa shape index (κ1) is 15.1. The second kappa shape index (κ2) is 9.78. The second-order valence-electron chi connectivity index (χ2n) is 6.64. The number of hydrogen-bond donors (Lipinski definition) is 4. The Morgan fingerprint density at radius 1 is 0.706 bits per heavy atom. The van der Waals surface area contributed by atoms with Crippen molar-refractivity contribution in [3.8, 4) is 0 Å². The maximum atomic E-state index is 13.3. The van der Waals surface area contributed by atoms with E-state index in [0.717, 1.165) is 6.92 Å². The number of carbonyl (C=O) groups excluding carboxylic acids is 3. The summed E-state index contributed by atoms with van der Waals surface area (Å²) in [6.07, 6.45) is 0. The van der Waals surface area contributed by atoms with Gasteiger partial charge >= 0.3 is 11.9 Å². The largest absolute Gasteiger partial charge is 0.478 e.